The van der Waals surface area contributed by atoms with Crippen molar-refractivity contribution in [3.8, 4) is 5.88 Å². The fourth-order valence-electron chi connectivity index (χ4n) is 2.38. The third-order valence-corrected chi connectivity index (χ3v) is 3.37. The zero-order valence-corrected chi connectivity index (χ0v) is 11.4. The molecule has 0 radical (unpaired) electrons. The molecule has 2 heterocycles. The highest BCUT2D eigenvalue weighted by Crippen LogP contribution is 2.24. The molecule has 1 aliphatic rings. The quantitative estimate of drug-likeness (QED) is 0.830. The lowest BCUT2D eigenvalue weighted by molar-refractivity contribution is -0.150. The van der Waals surface area contributed by atoms with Gasteiger partial charge in [-0.1, -0.05) is 0 Å². The van der Waals surface area contributed by atoms with Gasteiger partial charge < -0.3 is 14.6 Å². The van der Waals surface area contributed by atoms with Crippen LogP contribution in [0.1, 0.15) is 11.3 Å². The Bertz CT molecular complexity index is 472. The van der Waals surface area contributed by atoms with Crippen molar-refractivity contribution in [2.75, 3.05) is 26.9 Å². The van der Waals surface area contributed by atoms with E-state index in [0.29, 0.717) is 25.6 Å². The molecule has 0 bridgehead atoms. The van der Waals surface area contributed by atoms with Crippen LogP contribution in [-0.4, -0.2) is 58.7 Å². The van der Waals surface area contributed by atoms with E-state index in [1.54, 1.807) is 11.8 Å². The van der Waals surface area contributed by atoms with Crippen LogP contribution >= 0.6 is 0 Å². The number of ether oxygens (including phenoxy) is 2. The highest BCUT2D eigenvalue weighted by atomic mass is 16.5. The molecule has 2 rings (SSSR count). The van der Waals surface area contributed by atoms with Crippen molar-refractivity contribution in [2.24, 2.45) is 7.05 Å². The van der Waals surface area contributed by atoms with E-state index in [4.69, 9.17) is 9.47 Å². The van der Waals surface area contributed by atoms with Gasteiger partial charge in [-0.05, 0) is 6.92 Å². The Morgan fingerprint density at radius 1 is 1.63 bits per heavy atom. The second-order valence-electron chi connectivity index (χ2n) is 4.60. The van der Waals surface area contributed by atoms with Crippen LogP contribution in [0.15, 0.2) is 0 Å². The molecule has 0 aliphatic carbocycles. The summed E-state index contributed by atoms with van der Waals surface area (Å²) in [5, 5.41) is 13.5. The molecule has 1 saturated heterocycles. The molecule has 0 aromatic carbocycles. The van der Waals surface area contributed by atoms with Gasteiger partial charge in [0.25, 0.3) is 0 Å². The summed E-state index contributed by atoms with van der Waals surface area (Å²) in [7, 11) is 3.40. The molecule has 1 N–H and O–H groups in total. The fourth-order valence-corrected chi connectivity index (χ4v) is 2.38. The number of carbonyl (C=O) groups is 1. The summed E-state index contributed by atoms with van der Waals surface area (Å²) in [4.78, 5) is 13.1. The molecule has 7 heteroatoms. The second kappa shape index (κ2) is 5.58. The SMILES string of the molecule is COc1c(CN2CCOCC2C(=O)O)c(C)nn1C. The lowest BCUT2D eigenvalue weighted by Gasteiger charge is -2.32. The van der Waals surface area contributed by atoms with Crippen LogP contribution in [0.4, 0.5) is 0 Å². The Hall–Kier alpha value is -1.60. The van der Waals surface area contributed by atoms with Crippen molar-refractivity contribution >= 4 is 5.97 Å². The Balaban J connectivity index is 2.21. The molecule has 1 unspecified atom stereocenters. The van der Waals surface area contributed by atoms with Gasteiger partial charge in [-0.25, -0.2) is 4.68 Å². The van der Waals surface area contributed by atoms with Crippen LogP contribution < -0.4 is 4.74 Å². The number of nitrogens with zero attached hydrogens (tertiary/aromatic N) is 3. The number of methoxy groups -OCH3 is 1. The van der Waals surface area contributed by atoms with Gasteiger partial charge in [0, 0.05) is 20.1 Å². The predicted molar refractivity (Wildman–Crippen MR) is 67.1 cm³/mol. The molecule has 19 heavy (non-hydrogen) atoms. The van der Waals surface area contributed by atoms with Crippen LogP contribution in [0.3, 0.4) is 0 Å². The molecule has 1 atom stereocenters. The maximum Gasteiger partial charge on any atom is 0.323 e. The zero-order chi connectivity index (χ0) is 14.0. The third-order valence-electron chi connectivity index (χ3n) is 3.37. The summed E-state index contributed by atoms with van der Waals surface area (Å²) in [6, 6.07) is -0.613. The highest BCUT2D eigenvalue weighted by Gasteiger charge is 2.30. The highest BCUT2D eigenvalue weighted by molar-refractivity contribution is 5.73. The molecule has 0 saturated carbocycles. The summed E-state index contributed by atoms with van der Waals surface area (Å²) in [6.07, 6.45) is 0. The number of morpholine rings is 1. The van der Waals surface area contributed by atoms with E-state index in [9.17, 15) is 9.90 Å². The molecule has 1 aromatic rings. The van der Waals surface area contributed by atoms with E-state index in [0.717, 1.165) is 11.3 Å². The number of carboxylic acids is 1. The van der Waals surface area contributed by atoms with Crippen molar-refractivity contribution < 1.29 is 19.4 Å². The van der Waals surface area contributed by atoms with Gasteiger partial charge in [0.2, 0.25) is 5.88 Å². The first-order valence-electron chi connectivity index (χ1n) is 6.15. The number of aliphatic carboxylic acids is 1. The second-order valence-corrected chi connectivity index (χ2v) is 4.60. The van der Waals surface area contributed by atoms with Gasteiger partial charge >= 0.3 is 5.97 Å². The summed E-state index contributed by atoms with van der Waals surface area (Å²) in [6.45, 7) is 3.76. The first-order chi connectivity index (χ1) is 9.04. The molecular formula is C12H19N3O4. The summed E-state index contributed by atoms with van der Waals surface area (Å²) in [5.74, 6) is -0.187. The zero-order valence-electron chi connectivity index (χ0n) is 11.4. The fraction of sp³-hybridized carbons (Fsp3) is 0.667. The standard InChI is InChI=1S/C12H19N3O4/c1-8-9(11(18-3)14(2)13-8)6-15-4-5-19-7-10(15)12(16)17/h10H,4-7H2,1-3H3,(H,16,17). The lowest BCUT2D eigenvalue weighted by Crippen LogP contribution is -2.49. The van der Waals surface area contributed by atoms with Crippen LogP contribution in [0.5, 0.6) is 5.88 Å². The number of carboxylic acid groups (broad SMARTS) is 1. The minimum absolute atomic E-state index is 0.219. The van der Waals surface area contributed by atoms with Crippen molar-refractivity contribution in [1.82, 2.24) is 14.7 Å². The van der Waals surface area contributed by atoms with Gasteiger partial charge in [0.05, 0.1) is 31.6 Å². The van der Waals surface area contributed by atoms with Gasteiger partial charge in [-0.15, -0.1) is 0 Å². The molecular weight excluding hydrogens is 250 g/mol. The Kier molecular flexibility index (Phi) is 4.06. The van der Waals surface area contributed by atoms with Crippen LogP contribution in [0.2, 0.25) is 0 Å². The topological polar surface area (TPSA) is 76.8 Å². The van der Waals surface area contributed by atoms with E-state index in [2.05, 4.69) is 5.10 Å². The number of hydrogen-bond acceptors (Lipinski definition) is 5. The number of aryl methyl sites for hydroxylation is 2. The number of rotatable bonds is 4. The molecule has 7 nitrogen and oxygen atoms in total. The van der Waals surface area contributed by atoms with Gasteiger partial charge in [-0.2, -0.15) is 5.10 Å². The maximum absolute atomic E-state index is 11.2. The average molecular weight is 269 g/mol. The van der Waals surface area contributed by atoms with Crippen molar-refractivity contribution in [3.05, 3.63) is 11.3 Å². The van der Waals surface area contributed by atoms with Crippen LogP contribution in [-0.2, 0) is 23.1 Å². The molecule has 1 aliphatic heterocycles. The molecule has 0 amide bonds. The van der Waals surface area contributed by atoms with Gasteiger partial charge in [0.1, 0.15) is 6.04 Å². The Morgan fingerprint density at radius 3 is 3.00 bits per heavy atom. The summed E-state index contributed by atoms with van der Waals surface area (Å²) in [5.41, 5.74) is 1.79. The van der Waals surface area contributed by atoms with E-state index < -0.39 is 12.0 Å². The Labute approximate surface area is 111 Å². The number of hydrogen-bond donors (Lipinski definition) is 1. The minimum atomic E-state index is -0.861. The van der Waals surface area contributed by atoms with Gasteiger partial charge in [0.15, 0.2) is 0 Å². The number of aromatic nitrogens is 2. The lowest BCUT2D eigenvalue weighted by atomic mass is 10.1. The summed E-state index contributed by atoms with van der Waals surface area (Å²) < 4.78 is 12.2. The maximum atomic E-state index is 11.2. The van der Waals surface area contributed by atoms with E-state index in [1.165, 1.54) is 0 Å². The third kappa shape index (κ3) is 2.71. The van der Waals surface area contributed by atoms with E-state index >= 15 is 0 Å². The van der Waals surface area contributed by atoms with Crippen LogP contribution in [0.25, 0.3) is 0 Å². The van der Waals surface area contributed by atoms with Crippen molar-refractivity contribution in [2.45, 2.75) is 19.5 Å². The van der Waals surface area contributed by atoms with Gasteiger partial charge in [-0.3, -0.25) is 9.69 Å². The molecule has 1 fully saturated rings. The predicted octanol–water partition coefficient (Wildman–Crippen LogP) is 0.0225. The average Bonchev–Trinajstić information content (AvgIpc) is 2.64. The largest absolute Gasteiger partial charge is 0.481 e. The molecule has 106 valence electrons. The van der Waals surface area contributed by atoms with Crippen molar-refractivity contribution in [3.63, 3.8) is 0 Å². The molecule has 1 aromatic heterocycles. The Morgan fingerprint density at radius 2 is 2.37 bits per heavy atom. The molecule has 0 spiro atoms. The monoisotopic (exact) mass is 269 g/mol. The van der Waals surface area contributed by atoms with E-state index in [1.807, 2.05) is 18.9 Å². The first kappa shape index (κ1) is 13.8. The minimum Gasteiger partial charge on any atom is -0.481 e. The summed E-state index contributed by atoms with van der Waals surface area (Å²) >= 11 is 0. The normalized spacial score (nSPS) is 20.5. The van der Waals surface area contributed by atoms with Crippen molar-refractivity contribution in [1.29, 1.82) is 0 Å². The smallest absolute Gasteiger partial charge is 0.323 e. The van der Waals surface area contributed by atoms with E-state index in [-0.39, 0.29) is 6.61 Å². The first-order valence-corrected chi connectivity index (χ1v) is 6.15. The van der Waals surface area contributed by atoms with Crippen LogP contribution in [0, 0.1) is 6.92 Å².